The van der Waals surface area contributed by atoms with Crippen molar-refractivity contribution >= 4 is 37.3 Å². The number of aromatic hydroxyl groups is 6. The first-order valence-corrected chi connectivity index (χ1v) is 11.0. The van der Waals surface area contributed by atoms with Crippen LogP contribution in [-0.4, -0.2) is 107 Å². The second kappa shape index (κ2) is 10.7. The van der Waals surface area contributed by atoms with Crippen molar-refractivity contribution in [2.75, 3.05) is 39.3 Å². The first-order valence-electron chi connectivity index (χ1n) is 11.0. The Morgan fingerprint density at radius 1 is 0.306 bits per heavy atom. The fourth-order valence-electron chi connectivity index (χ4n) is 3.56. The molecule has 0 atom stereocenters. The van der Waals surface area contributed by atoms with Gasteiger partial charge in [0, 0.05) is 37.3 Å². The molecule has 3 aliphatic rings. The van der Waals surface area contributed by atoms with Crippen LogP contribution in [0.3, 0.4) is 0 Å². The van der Waals surface area contributed by atoms with Crippen molar-refractivity contribution in [1.82, 2.24) is 0 Å². The molecule has 0 saturated heterocycles. The van der Waals surface area contributed by atoms with E-state index in [0.717, 1.165) is 0 Å². The molecule has 6 N–H and O–H groups in total. The molecule has 0 aromatic heterocycles. The van der Waals surface area contributed by atoms with Crippen LogP contribution in [0.15, 0.2) is 30.0 Å². The molecule has 5 rings (SSSR count). The average Bonchev–Trinajstić information content (AvgIpc) is 2.85. The van der Waals surface area contributed by atoms with Crippen LogP contribution in [0.1, 0.15) is 33.4 Å². The summed E-state index contributed by atoms with van der Waals surface area (Å²) in [6.07, 6.45) is 7.51. The SMILES string of the molecule is Oc1c2c(O)c3c(O)c1C=NCCN=Cc1c(O)c(c(O)c(c1O)C=NCCN=C3)C=NCCN=C2. The van der Waals surface area contributed by atoms with Crippen LogP contribution in [0.4, 0.5) is 0 Å². The molecule has 0 saturated carbocycles. The van der Waals surface area contributed by atoms with Crippen molar-refractivity contribution in [3.63, 3.8) is 0 Å². The van der Waals surface area contributed by atoms with E-state index in [-0.39, 0.29) is 72.6 Å². The quantitative estimate of drug-likeness (QED) is 0.319. The Hall–Kier alpha value is -4.74. The molecule has 12 heteroatoms. The van der Waals surface area contributed by atoms with Gasteiger partial charge in [-0.25, -0.2) is 0 Å². The number of nitrogens with zero attached hydrogens (tertiary/aromatic N) is 6. The Bertz CT molecular complexity index is 1050. The summed E-state index contributed by atoms with van der Waals surface area (Å²) >= 11 is 0. The summed E-state index contributed by atoms with van der Waals surface area (Å²) in [5.74, 6) is -2.48. The second-order valence-corrected chi connectivity index (χ2v) is 7.79. The van der Waals surface area contributed by atoms with Gasteiger partial charge in [0.05, 0.1) is 72.6 Å². The third-order valence-electron chi connectivity index (χ3n) is 5.46. The standard InChI is InChI=1S/C24H24N6O6/c31-19-13-7-25-1-2-26-8-14-21(33)17-11-29-5-3-27-9-15(19)23(35)16(20(13)32)10-28-4-6-30-12-18(22(14)34)24(17)36/h7-12,31-36H,1-6H2. The lowest BCUT2D eigenvalue weighted by Gasteiger charge is -2.13. The molecule has 0 aliphatic carbocycles. The monoisotopic (exact) mass is 492 g/mol. The van der Waals surface area contributed by atoms with Crippen LogP contribution in [0.2, 0.25) is 0 Å². The molecule has 2 aromatic carbocycles. The highest BCUT2D eigenvalue weighted by atomic mass is 16.3. The van der Waals surface area contributed by atoms with Crippen LogP contribution in [0.5, 0.6) is 34.5 Å². The van der Waals surface area contributed by atoms with E-state index in [0.29, 0.717) is 0 Å². The highest BCUT2D eigenvalue weighted by Crippen LogP contribution is 2.40. The first kappa shape index (κ1) is 24.4. The van der Waals surface area contributed by atoms with E-state index in [1.54, 1.807) is 0 Å². The van der Waals surface area contributed by atoms with E-state index in [1.165, 1.54) is 37.3 Å². The first-order chi connectivity index (χ1) is 17.4. The van der Waals surface area contributed by atoms with Crippen molar-refractivity contribution in [2.45, 2.75) is 0 Å². The van der Waals surface area contributed by atoms with Gasteiger partial charge in [-0.1, -0.05) is 0 Å². The number of aliphatic imine (C=N–C) groups is 6. The maximum atomic E-state index is 10.7. The zero-order valence-electron chi connectivity index (χ0n) is 19.1. The number of phenols is 6. The van der Waals surface area contributed by atoms with Gasteiger partial charge < -0.3 is 30.6 Å². The van der Waals surface area contributed by atoms with Gasteiger partial charge >= 0.3 is 0 Å². The van der Waals surface area contributed by atoms with Gasteiger partial charge in [0.1, 0.15) is 34.5 Å². The number of hydrogen-bond donors (Lipinski definition) is 6. The summed E-state index contributed by atoms with van der Waals surface area (Å²) in [5, 5.41) is 64.3. The molecule has 0 unspecified atom stereocenters. The summed E-state index contributed by atoms with van der Waals surface area (Å²) in [4.78, 5) is 25.1. The van der Waals surface area contributed by atoms with Gasteiger partial charge in [-0.2, -0.15) is 0 Å². The summed E-state index contributed by atoms with van der Waals surface area (Å²) in [6.45, 7) is 0.782. The molecule has 3 heterocycles. The molecule has 0 amide bonds. The normalized spacial score (nSPS) is 15.7. The fraction of sp³-hybridized carbons (Fsp3) is 0.250. The average molecular weight is 492 g/mol. The van der Waals surface area contributed by atoms with Crippen LogP contribution in [0, 0.1) is 0 Å². The van der Waals surface area contributed by atoms with Crippen LogP contribution < -0.4 is 0 Å². The number of benzene rings is 2. The summed E-state index contributed by atoms with van der Waals surface area (Å²) in [5.41, 5.74) is -0.161. The zero-order valence-corrected chi connectivity index (χ0v) is 19.1. The smallest absolute Gasteiger partial charge is 0.140 e. The van der Waals surface area contributed by atoms with Gasteiger partial charge in [0.15, 0.2) is 0 Å². The minimum Gasteiger partial charge on any atom is -0.506 e. The maximum absolute atomic E-state index is 10.7. The van der Waals surface area contributed by atoms with Crippen LogP contribution >= 0.6 is 0 Å². The van der Waals surface area contributed by atoms with E-state index in [9.17, 15) is 30.6 Å². The van der Waals surface area contributed by atoms with Gasteiger partial charge in [0.2, 0.25) is 0 Å². The third kappa shape index (κ3) is 4.73. The van der Waals surface area contributed by atoms with Gasteiger partial charge in [-0.05, 0) is 0 Å². The highest BCUT2D eigenvalue weighted by Gasteiger charge is 2.22. The predicted molar refractivity (Wildman–Crippen MR) is 138 cm³/mol. The molecule has 36 heavy (non-hydrogen) atoms. The second-order valence-electron chi connectivity index (χ2n) is 7.79. The molecular weight excluding hydrogens is 468 g/mol. The minimum atomic E-state index is -0.413. The molecule has 0 radical (unpaired) electrons. The number of rotatable bonds is 0. The number of hydrogen-bond acceptors (Lipinski definition) is 12. The lowest BCUT2D eigenvalue weighted by molar-refractivity contribution is 0.423. The molecule has 2 aromatic rings. The summed E-state index contributed by atoms with van der Waals surface area (Å²) in [7, 11) is 0. The largest absolute Gasteiger partial charge is 0.506 e. The molecule has 3 aliphatic heterocycles. The van der Waals surface area contributed by atoms with Crippen molar-refractivity contribution in [3.8, 4) is 34.5 Å². The number of fused-ring (bicyclic) bond motifs is 9. The minimum absolute atomic E-state index is 0.0268. The summed E-state index contributed by atoms with van der Waals surface area (Å²) < 4.78 is 0. The Morgan fingerprint density at radius 2 is 0.444 bits per heavy atom. The van der Waals surface area contributed by atoms with Gasteiger partial charge in [-0.3, -0.25) is 30.0 Å². The molecular formula is C24H24N6O6. The maximum Gasteiger partial charge on any atom is 0.140 e. The van der Waals surface area contributed by atoms with E-state index < -0.39 is 34.5 Å². The lowest BCUT2D eigenvalue weighted by Crippen LogP contribution is -2.02. The Kier molecular flexibility index (Phi) is 7.23. The molecule has 0 spiro atoms. The predicted octanol–water partition coefficient (Wildman–Crippen LogP) is 1.16. The molecule has 12 nitrogen and oxygen atoms in total. The Labute approximate surface area is 205 Å². The Balaban J connectivity index is 1.95. The van der Waals surface area contributed by atoms with E-state index in [2.05, 4.69) is 30.0 Å². The van der Waals surface area contributed by atoms with Gasteiger partial charge in [-0.15, -0.1) is 0 Å². The topological polar surface area (TPSA) is 196 Å². The van der Waals surface area contributed by atoms with Crippen molar-refractivity contribution in [1.29, 1.82) is 0 Å². The van der Waals surface area contributed by atoms with Crippen LogP contribution in [0.25, 0.3) is 0 Å². The van der Waals surface area contributed by atoms with Crippen molar-refractivity contribution in [2.24, 2.45) is 30.0 Å². The molecule has 0 fully saturated rings. The zero-order chi connectivity index (χ0) is 25.7. The van der Waals surface area contributed by atoms with Crippen LogP contribution in [-0.2, 0) is 0 Å². The lowest BCUT2D eigenvalue weighted by atomic mass is 10.0. The van der Waals surface area contributed by atoms with Gasteiger partial charge in [0.25, 0.3) is 0 Å². The highest BCUT2D eigenvalue weighted by molar-refractivity contribution is 6.04. The Morgan fingerprint density at radius 3 is 0.583 bits per heavy atom. The van der Waals surface area contributed by atoms with Crippen molar-refractivity contribution < 1.29 is 30.6 Å². The molecule has 6 bridgehead atoms. The fourth-order valence-corrected chi connectivity index (χ4v) is 3.56. The van der Waals surface area contributed by atoms with E-state index >= 15 is 0 Å². The van der Waals surface area contributed by atoms with E-state index in [1.807, 2.05) is 0 Å². The number of phenolic OH excluding ortho intramolecular Hbond substituents is 6. The third-order valence-corrected chi connectivity index (χ3v) is 5.46. The van der Waals surface area contributed by atoms with Crippen molar-refractivity contribution in [3.05, 3.63) is 33.4 Å². The summed E-state index contributed by atoms with van der Waals surface area (Å²) in [6, 6.07) is 0. The molecule has 186 valence electrons. The van der Waals surface area contributed by atoms with E-state index in [4.69, 9.17) is 0 Å².